The normalized spacial score (nSPS) is 11.2. The largest absolute Gasteiger partial charge is 0.481 e. The Kier molecular flexibility index (Phi) is 4.61. The van der Waals surface area contributed by atoms with Crippen molar-refractivity contribution in [1.82, 2.24) is 4.98 Å². The van der Waals surface area contributed by atoms with Crippen LogP contribution in [0.1, 0.15) is 11.1 Å². The standard InChI is InChI=1S/C15H18N4O2/c1-19(13-7-4-8-14(17-13)21-2)10-11-5-3-6-12(9-11)15(16)18-20/h3-9,20H,10H2,1-2H3,(H2,16,18). The summed E-state index contributed by atoms with van der Waals surface area (Å²) in [5.74, 6) is 1.48. The first-order valence-corrected chi connectivity index (χ1v) is 6.43. The maximum Gasteiger partial charge on any atom is 0.214 e. The van der Waals surface area contributed by atoms with E-state index in [2.05, 4.69) is 10.1 Å². The monoisotopic (exact) mass is 286 g/mol. The van der Waals surface area contributed by atoms with Crippen LogP contribution in [0.25, 0.3) is 0 Å². The molecule has 110 valence electrons. The number of ether oxygens (including phenoxy) is 1. The summed E-state index contributed by atoms with van der Waals surface area (Å²) in [4.78, 5) is 6.37. The van der Waals surface area contributed by atoms with Crippen molar-refractivity contribution in [3.8, 4) is 5.88 Å². The van der Waals surface area contributed by atoms with Gasteiger partial charge in [-0.1, -0.05) is 29.4 Å². The van der Waals surface area contributed by atoms with E-state index in [1.807, 2.05) is 42.3 Å². The van der Waals surface area contributed by atoms with Gasteiger partial charge in [-0.3, -0.25) is 0 Å². The van der Waals surface area contributed by atoms with Crippen LogP contribution in [-0.2, 0) is 6.54 Å². The van der Waals surface area contributed by atoms with Gasteiger partial charge in [0.25, 0.3) is 0 Å². The molecule has 1 aromatic carbocycles. The Morgan fingerprint density at radius 2 is 2.10 bits per heavy atom. The summed E-state index contributed by atoms with van der Waals surface area (Å²) >= 11 is 0. The molecule has 0 spiro atoms. The predicted molar refractivity (Wildman–Crippen MR) is 81.8 cm³/mol. The third-order valence-electron chi connectivity index (χ3n) is 3.06. The minimum Gasteiger partial charge on any atom is -0.481 e. The molecule has 6 heteroatoms. The van der Waals surface area contributed by atoms with Crippen molar-refractivity contribution >= 4 is 11.7 Å². The Labute approximate surface area is 123 Å². The van der Waals surface area contributed by atoms with E-state index in [1.165, 1.54) is 0 Å². The summed E-state index contributed by atoms with van der Waals surface area (Å²) < 4.78 is 5.12. The molecule has 0 amide bonds. The lowest BCUT2D eigenvalue weighted by atomic mass is 10.1. The first-order chi connectivity index (χ1) is 10.1. The van der Waals surface area contributed by atoms with Crippen LogP contribution in [0.4, 0.5) is 5.82 Å². The van der Waals surface area contributed by atoms with Crippen molar-refractivity contribution < 1.29 is 9.94 Å². The number of methoxy groups -OCH3 is 1. The lowest BCUT2D eigenvalue weighted by Gasteiger charge is -2.19. The third kappa shape index (κ3) is 3.62. The Balaban J connectivity index is 2.17. The van der Waals surface area contributed by atoms with Gasteiger partial charge in [0.15, 0.2) is 5.84 Å². The SMILES string of the molecule is COc1cccc(N(C)Cc2cccc(C(N)=NO)c2)n1. The first kappa shape index (κ1) is 14.6. The van der Waals surface area contributed by atoms with Crippen LogP contribution in [0.2, 0.25) is 0 Å². The lowest BCUT2D eigenvalue weighted by Crippen LogP contribution is -2.19. The van der Waals surface area contributed by atoms with Crippen LogP contribution in [0, 0.1) is 0 Å². The Bertz CT molecular complexity index is 643. The van der Waals surface area contributed by atoms with Crippen molar-refractivity contribution in [1.29, 1.82) is 0 Å². The molecule has 0 saturated heterocycles. The molecule has 0 aliphatic heterocycles. The van der Waals surface area contributed by atoms with E-state index in [0.717, 1.165) is 11.4 Å². The topological polar surface area (TPSA) is 84.0 Å². The summed E-state index contributed by atoms with van der Waals surface area (Å²) in [5, 5.41) is 11.7. The molecular formula is C15H18N4O2. The number of rotatable bonds is 5. The maximum atomic E-state index is 8.73. The minimum atomic E-state index is 0.0963. The molecule has 21 heavy (non-hydrogen) atoms. The van der Waals surface area contributed by atoms with Crippen molar-refractivity contribution in [2.45, 2.75) is 6.54 Å². The lowest BCUT2D eigenvalue weighted by molar-refractivity contribution is 0.318. The van der Waals surface area contributed by atoms with E-state index in [4.69, 9.17) is 15.7 Å². The molecule has 0 saturated carbocycles. The van der Waals surface area contributed by atoms with Crippen molar-refractivity contribution in [2.75, 3.05) is 19.1 Å². The number of hydrogen-bond acceptors (Lipinski definition) is 5. The average molecular weight is 286 g/mol. The Morgan fingerprint density at radius 3 is 2.81 bits per heavy atom. The number of oxime groups is 1. The number of pyridine rings is 1. The van der Waals surface area contributed by atoms with Crippen LogP contribution < -0.4 is 15.4 Å². The number of benzene rings is 1. The molecule has 3 N–H and O–H groups in total. The number of amidine groups is 1. The maximum absolute atomic E-state index is 8.73. The summed E-state index contributed by atoms with van der Waals surface area (Å²) in [7, 11) is 3.53. The molecule has 0 unspecified atom stereocenters. The van der Waals surface area contributed by atoms with E-state index in [-0.39, 0.29) is 5.84 Å². The number of aromatic nitrogens is 1. The third-order valence-corrected chi connectivity index (χ3v) is 3.06. The van der Waals surface area contributed by atoms with Gasteiger partial charge in [0.05, 0.1) is 7.11 Å². The fourth-order valence-corrected chi connectivity index (χ4v) is 1.97. The van der Waals surface area contributed by atoms with Crippen molar-refractivity contribution in [3.05, 3.63) is 53.6 Å². The molecule has 0 atom stereocenters. The molecule has 0 aliphatic rings. The fraction of sp³-hybridized carbons (Fsp3) is 0.200. The van der Waals surface area contributed by atoms with Crippen LogP contribution in [0.3, 0.4) is 0 Å². The van der Waals surface area contributed by atoms with Gasteiger partial charge in [-0.15, -0.1) is 0 Å². The van der Waals surface area contributed by atoms with Gasteiger partial charge >= 0.3 is 0 Å². The Morgan fingerprint density at radius 1 is 1.33 bits per heavy atom. The predicted octanol–water partition coefficient (Wildman–Crippen LogP) is 1.82. The van der Waals surface area contributed by atoms with Gasteiger partial charge in [0.1, 0.15) is 5.82 Å². The summed E-state index contributed by atoms with van der Waals surface area (Å²) in [5.41, 5.74) is 7.32. The highest BCUT2D eigenvalue weighted by atomic mass is 16.5. The van der Waals surface area contributed by atoms with Crippen LogP contribution in [-0.4, -0.2) is 30.2 Å². The smallest absolute Gasteiger partial charge is 0.214 e. The number of nitrogens with zero attached hydrogens (tertiary/aromatic N) is 3. The number of hydrogen-bond donors (Lipinski definition) is 2. The summed E-state index contributed by atoms with van der Waals surface area (Å²) in [6.07, 6.45) is 0. The molecule has 6 nitrogen and oxygen atoms in total. The molecule has 0 radical (unpaired) electrons. The van der Waals surface area contributed by atoms with Gasteiger partial charge < -0.3 is 20.6 Å². The van der Waals surface area contributed by atoms with E-state index in [9.17, 15) is 0 Å². The van der Waals surface area contributed by atoms with Gasteiger partial charge in [0, 0.05) is 25.2 Å². The van der Waals surface area contributed by atoms with Crippen molar-refractivity contribution in [2.24, 2.45) is 10.9 Å². The fourth-order valence-electron chi connectivity index (χ4n) is 1.97. The highest BCUT2D eigenvalue weighted by Gasteiger charge is 2.06. The van der Waals surface area contributed by atoms with Crippen LogP contribution >= 0.6 is 0 Å². The Hall–Kier alpha value is -2.76. The molecule has 0 aliphatic carbocycles. The van der Waals surface area contributed by atoms with E-state index in [1.54, 1.807) is 19.2 Å². The summed E-state index contributed by atoms with van der Waals surface area (Å²) in [6, 6.07) is 13.1. The zero-order valence-electron chi connectivity index (χ0n) is 12.0. The van der Waals surface area contributed by atoms with E-state index < -0.39 is 0 Å². The molecular weight excluding hydrogens is 268 g/mol. The van der Waals surface area contributed by atoms with Gasteiger partial charge in [-0.2, -0.15) is 4.98 Å². The van der Waals surface area contributed by atoms with Gasteiger partial charge in [-0.25, -0.2) is 0 Å². The van der Waals surface area contributed by atoms with Crippen molar-refractivity contribution in [3.63, 3.8) is 0 Å². The van der Waals surface area contributed by atoms with Crippen LogP contribution in [0.5, 0.6) is 5.88 Å². The minimum absolute atomic E-state index is 0.0963. The van der Waals surface area contributed by atoms with Gasteiger partial charge in [-0.05, 0) is 17.7 Å². The number of nitrogens with two attached hydrogens (primary N) is 1. The summed E-state index contributed by atoms with van der Waals surface area (Å²) in [6.45, 7) is 0.646. The van der Waals surface area contributed by atoms with E-state index >= 15 is 0 Å². The van der Waals surface area contributed by atoms with Crippen LogP contribution in [0.15, 0.2) is 47.6 Å². The zero-order chi connectivity index (χ0) is 15.2. The van der Waals surface area contributed by atoms with Gasteiger partial charge in [0.2, 0.25) is 5.88 Å². The molecule has 2 aromatic rings. The molecule has 1 aromatic heterocycles. The van der Waals surface area contributed by atoms with E-state index in [0.29, 0.717) is 18.0 Å². The highest BCUT2D eigenvalue weighted by molar-refractivity contribution is 5.97. The second-order valence-electron chi connectivity index (χ2n) is 4.58. The average Bonchev–Trinajstić information content (AvgIpc) is 2.54. The molecule has 0 bridgehead atoms. The highest BCUT2D eigenvalue weighted by Crippen LogP contribution is 2.17. The second-order valence-corrected chi connectivity index (χ2v) is 4.58. The molecule has 0 fully saturated rings. The first-order valence-electron chi connectivity index (χ1n) is 6.43. The number of anilines is 1. The molecule has 2 rings (SSSR count). The zero-order valence-corrected chi connectivity index (χ0v) is 12.0. The second kappa shape index (κ2) is 6.60. The quantitative estimate of drug-likeness (QED) is 0.379. The molecule has 1 heterocycles.